The number of nitrogens with one attached hydrogen (secondary N) is 2. The van der Waals surface area contributed by atoms with Crippen LogP contribution in [0.5, 0.6) is 11.5 Å². The quantitative estimate of drug-likeness (QED) is 0.377. The Morgan fingerprint density at radius 1 is 0.943 bits per heavy atom. The van der Waals surface area contributed by atoms with Gasteiger partial charge in [-0.05, 0) is 48.5 Å². The normalized spacial score (nSPS) is 11.8. The maximum absolute atomic E-state index is 13.2. The van der Waals surface area contributed by atoms with E-state index in [1.807, 2.05) is 0 Å². The Labute approximate surface area is 199 Å². The lowest BCUT2D eigenvalue weighted by Crippen LogP contribution is -2.27. The second-order valence-corrected chi connectivity index (χ2v) is 8.85. The first-order valence-corrected chi connectivity index (χ1v) is 11.7. The Hall–Kier alpha value is -4.38. The number of carbonyl (C=O) groups is 1. The van der Waals surface area contributed by atoms with Crippen LogP contribution >= 0.6 is 0 Å². The summed E-state index contributed by atoms with van der Waals surface area (Å²) < 4.78 is 54.9. The van der Waals surface area contributed by atoms with Crippen LogP contribution in [0.25, 0.3) is 11.0 Å². The van der Waals surface area contributed by atoms with Crippen LogP contribution in [0, 0.1) is 5.82 Å². The number of anilines is 1. The predicted octanol–water partition coefficient (Wildman–Crippen LogP) is 3.64. The molecule has 0 aliphatic heterocycles. The molecule has 0 saturated heterocycles. The molecule has 0 fully saturated rings. The molecule has 9 nitrogen and oxygen atoms in total. The Balaban J connectivity index is 1.73. The highest BCUT2D eigenvalue weighted by Gasteiger charge is 2.18. The molecule has 2 N–H and O–H groups in total. The van der Waals surface area contributed by atoms with Crippen molar-refractivity contribution in [2.45, 2.75) is 4.90 Å². The molecular weight excluding hydrogens is 477 g/mol. The third-order valence-corrected chi connectivity index (χ3v) is 6.14. The molecule has 11 heteroatoms. The number of nitrogens with zero attached hydrogens (tertiary/aromatic N) is 1. The van der Waals surface area contributed by atoms with E-state index in [0.717, 1.165) is 0 Å². The second-order valence-electron chi connectivity index (χ2n) is 7.19. The Bertz CT molecular complexity index is 1570. The number of ether oxygens (including phenoxy) is 2. The number of methoxy groups -OCH3 is 2. The number of hydrogen-bond donors (Lipinski definition) is 2. The molecular formula is C24H20FN3O6S. The van der Waals surface area contributed by atoms with E-state index in [-0.39, 0.29) is 21.8 Å². The van der Waals surface area contributed by atoms with E-state index < -0.39 is 21.7 Å². The fourth-order valence-corrected chi connectivity index (χ4v) is 4.00. The number of amides is 1. The monoisotopic (exact) mass is 497 g/mol. The Morgan fingerprint density at radius 3 is 2.37 bits per heavy atom. The van der Waals surface area contributed by atoms with Gasteiger partial charge in [0, 0.05) is 17.1 Å². The van der Waals surface area contributed by atoms with Crippen LogP contribution in [0.3, 0.4) is 0 Å². The molecule has 4 aromatic rings. The van der Waals surface area contributed by atoms with Gasteiger partial charge in [0.1, 0.15) is 17.0 Å². The van der Waals surface area contributed by atoms with E-state index in [0.29, 0.717) is 22.4 Å². The van der Waals surface area contributed by atoms with Crippen LogP contribution in [0.15, 0.2) is 87.2 Å². The first-order chi connectivity index (χ1) is 16.8. The third-order valence-electron chi connectivity index (χ3n) is 4.94. The SMILES string of the molecule is COc1ccc(S(=O)(=O)N/N=c2/oc3ccccc3cc2C(=O)Nc2ccc(F)cc2)cc1OC. The van der Waals surface area contributed by atoms with Gasteiger partial charge in [0.15, 0.2) is 11.5 Å². The van der Waals surface area contributed by atoms with E-state index >= 15 is 0 Å². The minimum absolute atomic E-state index is 0.0389. The molecule has 0 radical (unpaired) electrons. The molecule has 3 aromatic carbocycles. The maximum Gasteiger partial charge on any atom is 0.276 e. The van der Waals surface area contributed by atoms with Crippen molar-refractivity contribution < 1.29 is 31.5 Å². The lowest BCUT2D eigenvalue weighted by Gasteiger charge is -2.10. The average molecular weight is 498 g/mol. The lowest BCUT2D eigenvalue weighted by atomic mass is 10.1. The number of rotatable bonds is 7. The zero-order valence-electron chi connectivity index (χ0n) is 18.6. The number of para-hydroxylation sites is 1. The molecule has 0 aliphatic rings. The third kappa shape index (κ3) is 5.25. The number of halogens is 1. The van der Waals surface area contributed by atoms with Gasteiger partial charge in [-0.2, -0.15) is 13.2 Å². The minimum Gasteiger partial charge on any atom is -0.493 e. The van der Waals surface area contributed by atoms with Gasteiger partial charge in [-0.1, -0.05) is 18.2 Å². The van der Waals surface area contributed by atoms with Crippen molar-refractivity contribution in [1.29, 1.82) is 0 Å². The van der Waals surface area contributed by atoms with E-state index in [9.17, 15) is 17.6 Å². The zero-order valence-corrected chi connectivity index (χ0v) is 19.4. The first kappa shape index (κ1) is 23.8. The van der Waals surface area contributed by atoms with Crippen molar-refractivity contribution in [3.05, 3.63) is 89.7 Å². The van der Waals surface area contributed by atoms with Crippen molar-refractivity contribution in [2.75, 3.05) is 19.5 Å². The van der Waals surface area contributed by atoms with Crippen LogP contribution in [0.2, 0.25) is 0 Å². The molecule has 0 aliphatic carbocycles. The molecule has 0 saturated carbocycles. The van der Waals surface area contributed by atoms with Gasteiger partial charge in [0.2, 0.25) is 5.55 Å². The van der Waals surface area contributed by atoms with E-state index in [1.165, 1.54) is 62.8 Å². The van der Waals surface area contributed by atoms with Gasteiger partial charge in [0.25, 0.3) is 15.9 Å². The summed E-state index contributed by atoms with van der Waals surface area (Å²) in [6, 6.07) is 17.6. The highest BCUT2D eigenvalue weighted by atomic mass is 32.2. The molecule has 35 heavy (non-hydrogen) atoms. The highest BCUT2D eigenvalue weighted by Crippen LogP contribution is 2.29. The number of carbonyl (C=O) groups excluding carboxylic acids is 1. The highest BCUT2D eigenvalue weighted by molar-refractivity contribution is 7.89. The van der Waals surface area contributed by atoms with Crippen molar-refractivity contribution >= 4 is 32.6 Å². The van der Waals surface area contributed by atoms with Crippen molar-refractivity contribution in [2.24, 2.45) is 5.10 Å². The van der Waals surface area contributed by atoms with E-state index in [2.05, 4.69) is 15.2 Å². The van der Waals surface area contributed by atoms with Crippen LogP contribution < -0.4 is 25.2 Å². The zero-order chi connectivity index (χ0) is 25.0. The van der Waals surface area contributed by atoms with Gasteiger partial charge >= 0.3 is 0 Å². The van der Waals surface area contributed by atoms with Crippen molar-refractivity contribution in [3.8, 4) is 11.5 Å². The average Bonchev–Trinajstić information content (AvgIpc) is 2.87. The standard InChI is InChI=1S/C24H20FN3O6S/c1-32-21-12-11-18(14-22(21)33-2)35(30,31)28-27-24-19(13-15-5-3-4-6-20(15)34-24)23(29)26-17-9-7-16(25)8-10-17/h3-14,28H,1-2H3,(H,26,29)/b27-24+. The maximum atomic E-state index is 13.2. The Morgan fingerprint density at radius 2 is 1.66 bits per heavy atom. The van der Waals surface area contributed by atoms with Crippen LogP contribution in [-0.2, 0) is 10.0 Å². The fourth-order valence-electron chi connectivity index (χ4n) is 3.18. The van der Waals surface area contributed by atoms with E-state index in [1.54, 1.807) is 24.3 Å². The number of hydrogen-bond acceptors (Lipinski definition) is 7. The summed E-state index contributed by atoms with van der Waals surface area (Å²) in [5.74, 6) is -0.517. The summed E-state index contributed by atoms with van der Waals surface area (Å²) >= 11 is 0. The summed E-state index contributed by atoms with van der Waals surface area (Å²) in [6.45, 7) is 0. The molecule has 0 unspecified atom stereocenters. The van der Waals surface area contributed by atoms with Crippen molar-refractivity contribution in [1.82, 2.24) is 4.83 Å². The molecule has 4 rings (SSSR count). The summed E-state index contributed by atoms with van der Waals surface area (Å²) in [7, 11) is -1.35. The topological polar surface area (TPSA) is 119 Å². The molecule has 0 spiro atoms. The summed E-state index contributed by atoms with van der Waals surface area (Å²) in [4.78, 5) is 14.9. The lowest BCUT2D eigenvalue weighted by molar-refractivity contribution is 0.102. The molecule has 0 atom stereocenters. The molecule has 0 bridgehead atoms. The minimum atomic E-state index is -4.16. The van der Waals surface area contributed by atoms with Crippen LogP contribution in [0.4, 0.5) is 10.1 Å². The molecule has 1 heterocycles. The number of benzene rings is 3. The van der Waals surface area contributed by atoms with Gasteiger partial charge < -0.3 is 19.2 Å². The summed E-state index contributed by atoms with van der Waals surface area (Å²) in [5, 5.41) is 7.09. The summed E-state index contributed by atoms with van der Waals surface area (Å²) in [6.07, 6.45) is 0. The molecule has 1 amide bonds. The second kappa shape index (κ2) is 9.85. The summed E-state index contributed by atoms with van der Waals surface area (Å²) in [5.41, 5.74) is 0.409. The smallest absolute Gasteiger partial charge is 0.276 e. The van der Waals surface area contributed by atoms with Gasteiger partial charge in [-0.15, -0.1) is 5.10 Å². The van der Waals surface area contributed by atoms with Gasteiger partial charge in [-0.25, -0.2) is 4.39 Å². The van der Waals surface area contributed by atoms with Gasteiger partial charge in [-0.3, -0.25) is 4.79 Å². The Kier molecular flexibility index (Phi) is 6.69. The number of fused-ring (bicyclic) bond motifs is 1. The van der Waals surface area contributed by atoms with Crippen LogP contribution in [-0.4, -0.2) is 28.5 Å². The first-order valence-electron chi connectivity index (χ1n) is 10.2. The predicted molar refractivity (Wildman–Crippen MR) is 126 cm³/mol. The largest absolute Gasteiger partial charge is 0.493 e. The molecule has 180 valence electrons. The fraction of sp³-hybridized carbons (Fsp3) is 0.0833. The van der Waals surface area contributed by atoms with Gasteiger partial charge in [0.05, 0.1) is 19.1 Å². The van der Waals surface area contributed by atoms with E-state index in [4.69, 9.17) is 13.9 Å². The number of sulfonamides is 1. The molecule has 1 aromatic heterocycles. The van der Waals surface area contributed by atoms with Crippen LogP contribution in [0.1, 0.15) is 10.4 Å². The van der Waals surface area contributed by atoms with Crippen molar-refractivity contribution in [3.63, 3.8) is 0 Å².